The van der Waals surface area contributed by atoms with Gasteiger partial charge < -0.3 is 15.4 Å². The van der Waals surface area contributed by atoms with Gasteiger partial charge in [0.15, 0.2) is 0 Å². The van der Waals surface area contributed by atoms with E-state index in [-0.39, 0.29) is 11.3 Å². The fraction of sp³-hybridized carbons (Fsp3) is 0.450. The van der Waals surface area contributed by atoms with E-state index in [1.165, 1.54) is 0 Å². The average Bonchev–Trinajstić information content (AvgIpc) is 2.57. The molecule has 1 aromatic carbocycles. The molecule has 0 radical (unpaired) electrons. The molecule has 7 heteroatoms. The van der Waals surface area contributed by atoms with Crippen LogP contribution in [-0.2, 0) is 21.6 Å². The van der Waals surface area contributed by atoms with E-state index in [0.717, 1.165) is 27.2 Å². The maximum absolute atomic E-state index is 12.2. The lowest BCUT2D eigenvalue weighted by Gasteiger charge is -2.19. The van der Waals surface area contributed by atoms with E-state index in [2.05, 4.69) is 57.3 Å². The van der Waals surface area contributed by atoms with E-state index in [9.17, 15) is 4.79 Å². The summed E-state index contributed by atoms with van der Waals surface area (Å²) in [6.45, 7) is 9.06. The summed E-state index contributed by atoms with van der Waals surface area (Å²) < 4.78 is 6.18. The third-order valence-corrected chi connectivity index (χ3v) is 4.36. The second-order valence-electron chi connectivity index (χ2n) is 7.44. The molecule has 0 aliphatic rings. The third-order valence-electron chi connectivity index (χ3n) is 3.86. The second kappa shape index (κ2) is 9.28. The fourth-order valence-electron chi connectivity index (χ4n) is 2.43. The van der Waals surface area contributed by atoms with Gasteiger partial charge in [-0.1, -0.05) is 36.7 Å². The van der Waals surface area contributed by atoms with E-state index in [1.807, 2.05) is 31.2 Å². The minimum absolute atomic E-state index is 0.0462. The largest absolute Gasteiger partial charge is 0.378 e. The first-order chi connectivity index (χ1) is 12.7. The monoisotopic (exact) mass is 434 g/mol. The van der Waals surface area contributed by atoms with Crippen molar-refractivity contribution in [2.75, 3.05) is 24.3 Å². The van der Waals surface area contributed by atoms with Crippen LogP contribution in [0.5, 0.6) is 0 Å². The lowest BCUT2D eigenvalue weighted by atomic mass is 9.95. The molecule has 0 atom stereocenters. The predicted molar refractivity (Wildman–Crippen MR) is 112 cm³/mol. The normalized spacial score (nSPS) is 11.3. The Hall–Kier alpha value is -1.99. The zero-order valence-corrected chi connectivity index (χ0v) is 18.1. The summed E-state index contributed by atoms with van der Waals surface area (Å²) in [7, 11) is 1.64. The Bertz CT molecular complexity index is 803. The quantitative estimate of drug-likeness (QED) is 0.673. The van der Waals surface area contributed by atoms with Crippen LogP contribution in [0.4, 0.5) is 11.5 Å². The van der Waals surface area contributed by atoms with Crippen molar-refractivity contribution in [2.24, 2.45) is 0 Å². The van der Waals surface area contributed by atoms with Gasteiger partial charge in [0.25, 0.3) is 0 Å². The van der Waals surface area contributed by atoms with Crippen molar-refractivity contribution in [3.63, 3.8) is 0 Å². The number of aryl methyl sites for hydroxylation is 1. The van der Waals surface area contributed by atoms with Gasteiger partial charge in [-0.3, -0.25) is 4.79 Å². The molecule has 0 saturated heterocycles. The number of nitrogens with zero attached hydrogens (tertiary/aromatic N) is 2. The van der Waals surface area contributed by atoms with Gasteiger partial charge in [-0.15, -0.1) is 0 Å². The minimum Gasteiger partial charge on any atom is -0.378 e. The molecular formula is C20H27BrN4O2. The molecule has 1 amide bonds. The van der Waals surface area contributed by atoms with Gasteiger partial charge >= 0.3 is 0 Å². The van der Waals surface area contributed by atoms with Crippen molar-refractivity contribution in [2.45, 2.75) is 46.1 Å². The van der Waals surface area contributed by atoms with Crippen molar-refractivity contribution in [3.8, 4) is 0 Å². The highest BCUT2D eigenvalue weighted by atomic mass is 79.9. The Labute approximate surface area is 169 Å². The molecule has 1 aromatic heterocycles. The zero-order chi connectivity index (χ0) is 20.0. The van der Waals surface area contributed by atoms with E-state index in [0.29, 0.717) is 25.4 Å². The Morgan fingerprint density at radius 1 is 1.22 bits per heavy atom. The van der Waals surface area contributed by atoms with Crippen molar-refractivity contribution in [3.05, 3.63) is 45.8 Å². The van der Waals surface area contributed by atoms with Crippen LogP contribution < -0.4 is 10.6 Å². The number of benzene rings is 1. The standard InChI is InChI=1S/C20H27BrN4O2/c1-13-10-14(21)6-7-16(13)24-18(26)8-9-22-17-11-15(12-27-5)23-19(25-17)20(2,3)4/h6-7,10-11H,8-9,12H2,1-5H3,(H,24,26)(H,22,23,25). The fourth-order valence-corrected chi connectivity index (χ4v) is 2.90. The molecule has 0 spiro atoms. The van der Waals surface area contributed by atoms with E-state index >= 15 is 0 Å². The van der Waals surface area contributed by atoms with Crippen molar-refractivity contribution < 1.29 is 9.53 Å². The number of carbonyl (C=O) groups excluding carboxylic acids is 1. The van der Waals surface area contributed by atoms with Gasteiger partial charge in [0.2, 0.25) is 5.91 Å². The highest BCUT2D eigenvalue weighted by molar-refractivity contribution is 9.10. The first kappa shape index (κ1) is 21.3. The van der Waals surface area contributed by atoms with Gasteiger partial charge in [0.05, 0.1) is 12.3 Å². The lowest BCUT2D eigenvalue weighted by molar-refractivity contribution is -0.115. The molecule has 0 bridgehead atoms. The highest BCUT2D eigenvalue weighted by Gasteiger charge is 2.19. The van der Waals surface area contributed by atoms with E-state index in [4.69, 9.17) is 4.74 Å². The molecule has 6 nitrogen and oxygen atoms in total. The van der Waals surface area contributed by atoms with Crippen LogP contribution in [0, 0.1) is 6.92 Å². The summed E-state index contributed by atoms with van der Waals surface area (Å²) in [6.07, 6.45) is 0.337. The molecule has 2 N–H and O–H groups in total. The van der Waals surface area contributed by atoms with Crippen LogP contribution in [0.2, 0.25) is 0 Å². The van der Waals surface area contributed by atoms with E-state index in [1.54, 1.807) is 7.11 Å². The minimum atomic E-state index is -0.170. The molecule has 0 saturated carbocycles. The van der Waals surface area contributed by atoms with Crippen molar-refractivity contribution in [1.82, 2.24) is 9.97 Å². The van der Waals surface area contributed by atoms with Gasteiger partial charge in [0, 0.05) is 41.7 Å². The molecule has 1 heterocycles. The van der Waals surface area contributed by atoms with Crippen molar-refractivity contribution in [1.29, 1.82) is 0 Å². The number of rotatable bonds is 7. The Morgan fingerprint density at radius 2 is 1.96 bits per heavy atom. The topological polar surface area (TPSA) is 76.1 Å². The SMILES string of the molecule is COCc1cc(NCCC(=O)Nc2ccc(Br)cc2C)nc(C(C)(C)C)n1. The predicted octanol–water partition coefficient (Wildman–Crippen LogP) is 4.43. The van der Waals surface area contributed by atoms with Crippen LogP contribution in [0.25, 0.3) is 0 Å². The number of amides is 1. The third kappa shape index (κ3) is 6.59. The summed E-state index contributed by atoms with van der Waals surface area (Å²) in [5.74, 6) is 1.40. The number of carbonyl (C=O) groups is 1. The molecule has 0 aliphatic heterocycles. The number of halogens is 1. The molecule has 2 aromatic rings. The van der Waals surface area contributed by atoms with Crippen LogP contribution in [-0.4, -0.2) is 29.5 Å². The maximum Gasteiger partial charge on any atom is 0.226 e. The molecule has 2 rings (SSSR count). The highest BCUT2D eigenvalue weighted by Crippen LogP contribution is 2.21. The summed E-state index contributed by atoms with van der Waals surface area (Å²) in [5.41, 5.74) is 2.48. The smallest absolute Gasteiger partial charge is 0.226 e. The Morgan fingerprint density at radius 3 is 2.59 bits per heavy atom. The van der Waals surface area contributed by atoms with Crippen LogP contribution in [0.15, 0.2) is 28.7 Å². The summed E-state index contributed by atoms with van der Waals surface area (Å²) in [4.78, 5) is 21.3. The Kier molecular flexibility index (Phi) is 7.33. The lowest BCUT2D eigenvalue weighted by Crippen LogP contribution is -2.20. The number of ether oxygens (including phenoxy) is 1. The number of aromatic nitrogens is 2. The zero-order valence-electron chi connectivity index (χ0n) is 16.5. The molecule has 27 heavy (non-hydrogen) atoms. The first-order valence-corrected chi connectivity index (χ1v) is 9.65. The Balaban J connectivity index is 1.97. The van der Waals surface area contributed by atoms with Crippen molar-refractivity contribution >= 4 is 33.3 Å². The first-order valence-electron chi connectivity index (χ1n) is 8.86. The van der Waals surface area contributed by atoms with Gasteiger partial charge in [-0.25, -0.2) is 9.97 Å². The molecule has 0 aliphatic carbocycles. The van der Waals surface area contributed by atoms with Crippen LogP contribution in [0.1, 0.15) is 44.3 Å². The molecule has 0 fully saturated rings. The second-order valence-corrected chi connectivity index (χ2v) is 8.35. The number of methoxy groups -OCH3 is 1. The van der Waals surface area contributed by atoms with Crippen LogP contribution >= 0.6 is 15.9 Å². The van der Waals surface area contributed by atoms with Crippen LogP contribution in [0.3, 0.4) is 0 Å². The van der Waals surface area contributed by atoms with Gasteiger partial charge in [0.1, 0.15) is 11.6 Å². The maximum atomic E-state index is 12.2. The number of hydrogen-bond acceptors (Lipinski definition) is 5. The molecule has 0 unspecified atom stereocenters. The number of hydrogen-bond donors (Lipinski definition) is 2. The van der Waals surface area contributed by atoms with Gasteiger partial charge in [-0.2, -0.15) is 0 Å². The van der Waals surface area contributed by atoms with E-state index < -0.39 is 0 Å². The number of anilines is 2. The summed E-state index contributed by atoms with van der Waals surface area (Å²) in [6, 6.07) is 7.63. The average molecular weight is 435 g/mol. The summed E-state index contributed by atoms with van der Waals surface area (Å²) in [5, 5.41) is 6.16. The summed E-state index contributed by atoms with van der Waals surface area (Å²) >= 11 is 3.42. The van der Waals surface area contributed by atoms with Gasteiger partial charge in [-0.05, 0) is 30.7 Å². The molecular weight excluding hydrogens is 408 g/mol. The molecule has 146 valence electrons. The number of nitrogens with one attached hydrogen (secondary N) is 2.